The van der Waals surface area contributed by atoms with Crippen LogP contribution in [0.5, 0.6) is 11.5 Å². The van der Waals surface area contributed by atoms with E-state index in [1.54, 1.807) is 12.1 Å². The first-order valence-corrected chi connectivity index (χ1v) is 7.33. The van der Waals surface area contributed by atoms with Gasteiger partial charge in [-0.3, -0.25) is 14.9 Å². The zero-order chi connectivity index (χ0) is 18.4. The Labute approximate surface area is 148 Å². The van der Waals surface area contributed by atoms with Gasteiger partial charge in [-0.1, -0.05) is 11.6 Å². The van der Waals surface area contributed by atoms with Crippen LogP contribution >= 0.6 is 11.6 Å². The standard InChI is InChI=1S/C16H14ClN3O5/c1-24-14-7-11(13(20(22)23)8-15(14)25-2)9-18-19-16(21)10-3-5-12(17)6-4-10/h3-9H,1-2H3,(H,19,21)/b18-9+. The number of halogens is 1. The number of rotatable bonds is 6. The van der Waals surface area contributed by atoms with Crippen LogP contribution in [0, 0.1) is 10.1 Å². The predicted octanol–water partition coefficient (Wildman–Crippen LogP) is 3.03. The maximum absolute atomic E-state index is 11.9. The second-order valence-electron chi connectivity index (χ2n) is 4.73. The number of benzene rings is 2. The minimum atomic E-state index is -0.579. The first-order valence-electron chi connectivity index (χ1n) is 6.95. The van der Waals surface area contributed by atoms with Crippen molar-refractivity contribution in [2.24, 2.45) is 5.10 Å². The summed E-state index contributed by atoms with van der Waals surface area (Å²) in [4.78, 5) is 22.6. The van der Waals surface area contributed by atoms with Gasteiger partial charge in [0.25, 0.3) is 11.6 Å². The molecule has 2 aromatic rings. The van der Waals surface area contributed by atoms with Crippen LogP contribution in [0.2, 0.25) is 5.02 Å². The van der Waals surface area contributed by atoms with Crippen molar-refractivity contribution in [1.82, 2.24) is 5.43 Å². The van der Waals surface area contributed by atoms with Gasteiger partial charge in [0.2, 0.25) is 0 Å². The number of nitro groups is 1. The summed E-state index contributed by atoms with van der Waals surface area (Å²) in [6.07, 6.45) is 1.16. The van der Waals surface area contributed by atoms with Gasteiger partial charge in [-0.05, 0) is 30.3 Å². The smallest absolute Gasteiger partial charge is 0.282 e. The number of carbonyl (C=O) groups is 1. The fourth-order valence-electron chi connectivity index (χ4n) is 1.97. The predicted molar refractivity (Wildman–Crippen MR) is 92.7 cm³/mol. The highest BCUT2D eigenvalue weighted by Crippen LogP contribution is 2.33. The monoisotopic (exact) mass is 363 g/mol. The Balaban J connectivity index is 2.23. The second kappa shape index (κ2) is 8.11. The molecule has 0 aliphatic rings. The number of amides is 1. The topological polar surface area (TPSA) is 103 Å². The zero-order valence-corrected chi connectivity index (χ0v) is 14.1. The maximum Gasteiger partial charge on any atom is 0.282 e. The van der Waals surface area contributed by atoms with Gasteiger partial charge in [0, 0.05) is 10.6 Å². The van der Waals surface area contributed by atoms with E-state index in [-0.39, 0.29) is 17.0 Å². The molecule has 0 aliphatic heterocycles. The summed E-state index contributed by atoms with van der Waals surface area (Å²) < 4.78 is 10.1. The number of ether oxygens (including phenoxy) is 2. The van der Waals surface area contributed by atoms with E-state index < -0.39 is 10.8 Å². The molecule has 9 heteroatoms. The number of carbonyl (C=O) groups excluding carboxylic acids is 1. The minimum Gasteiger partial charge on any atom is -0.493 e. The normalized spacial score (nSPS) is 10.5. The van der Waals surface area contributed by atoms with Gasteiger partial charge in [-0.25, -0.2) is 5.43 Å². The highest BCUT2D eigenvalue weighted by Gasteiger charge is 2.18. The summed E-state index contributed by atoms with van der Waals surface area (Å²) in [5.41, 5.74) is 2.56. The first-order chi connectivity index (χ1) is 12.0. The third-order valence-electron chi connectivity index (χ3n) is 3.21. The second-order valence-corrected chi connectivity index (χ2v) is 5.17. The zero-order valence-electron chi connectivity index (χ0n) is 13.4. The highest BCUT2D eigenvalue weighted by atomic mass is 35.5. The Bertz CT molecular complexity index is 821. The van der Waals surface area contributed by atoms with Crippen molar-refractivity contribution in [2.75, 3.05) is 14.2 Å². The van der Waals surface area contributed by atoms with E-state index in [2.05, 4.69) is 10.5 Å². The largest absolute Gasteiger partial charge is 0.493 e. The molecule has 8 nitrogen and oxygen atoms in total. The summed E-state index contributed by atoms with van der Waals surface area (Å²) in [5.74, 6) is 0.0474. The lowest BCUT2D eigenvalue weighted by Gasteiger charge is -2.08. The van der Waals surface area contributed by atoms with Crippen molar-refractivity contribution in [3.05, 3.63) is 62.7 Å². The summed E-state index contributed by atoms with van der Waals surface area (Å²) >= 11 is 5.75. The van der Waals surface area contributed by atoms with Gasteiger partial charge in [0.1, 0.15) is 0 Å². The van der Waals surface area contributed by atoms with Gasteiger partial charge in [-0.15, -0.1) is 0 Å². The molecular formula is C16H14ClN3O5. The van der Waals surface area contributed by atoms with Gasteiger partial charge in [0.15, 0.2) is 11.5 Å². The van der Waals surface area contributed by atoms with E-state index in [4.69, 9.17) is 21.1 Å². The van der Waals surface area contributed by atoms with Crippen molar-refractivity contribution in [1.29, 1.82) is 0 Å². The van der Waals surface area contributed by atoms with Gasteiger partial charge >= 0.3 is 0 Å². The van der Waals surface area contributed by atoms with E-state index in [0.29, 0.717) is 16.3 Å². The number of hydrogen-bond donors (Lipinski definition) is 1. The quantitative estimate of drug-likeness (QED) is 0.482. The molecule has 0 bridgehead atoms. The molecule has 25 heavy (non-hydrogen) atoms. The van der Waals surface area contributed by atoms with Crippen LogP contribution in [-0.4, -0.2) is 31.3 Å². The van der Waals surface area contributed by atoms with Crippen LogP contribution in [0.4, 0.5) is 5.69 Å². The summed E-state index contributed by atoms with van der Waals surface area (Å²) in [6, 6.07) is 8.83. The van der Waals surface area contributed by atoms with Crippen molar-refractivity contribution in [3.8, 4) is 11.5 Å². The summed E-state index contributed by atoms with van der Waals surface area (Å²) in [6.45, 7) is 0. The average Bonchev–Trinajstić information content (AvgIpc) is 2.61. The van der Waals surface area contributed by atoms with E-state index in [0.717, 1.165) is 6.21 Å². The van der Waals surface area contributed by atoms with E-state index in [1.165, 1.54) is 38.5 Å². The molecule has 0 atom stereocenters. The lowest BCUT2D eigenvalue weighted by atomic mass is 10.1. The Hall–Kier alpha value is -3.13. The summed E-state index contributed by atoms with van der Waals surface area (Å²) in [5, 5.41) is 15.4. The highest BCUT2D eigenvalue weighted by molar-refractivity contribution is 6.30. The fraction of sp³-hybridized carbons (Fsp3) is 0.125. The first kappa shape index (κ1) is 18.2. The van der Waals surface area contributed by atoms with Gasteiger partial charge in [0.05, 0.1) is 37.0 Å². The van der Waals surface area contributed by atoms with Crippen LogP contribution in [-0.2, 0) is 0 Å². The van der Waals surface area contributed by atoms with E-state index >= 15 is 0 Å². The molecule has 0 heterocycles. The third kappa shape index (κ3) is 4.45. The maximum atomic E-state index is 11.9. The fourth-order valence-corrected chi connectivity index (χ4v) is 2.10. The average molecular weight is 364 g/mol. The molecule has 2 rings (SSSR count). The molecule has 0 radical (unpaired) electrons. The van der Waals surface area contributed by atoms with Crippen molar-refractivity contribution >= 4 is 29.4 Å². The minimum absolute atomic E-state index is 0.152. The van der Waals surface area contributed by atoms with Gasteiger partial charge in [-0.2, -0.15) is 5.10 Å². The molecule has 0 saturated heterocycles. The number of nitrogens with zero attached hydrogens (tertiary/aromatic N) is 2. The van der Waals surface area contributed by atoms with Crippen molar-refractivity contribution in [2.45, 2.75) is 0 Å². The molecule has 1 N–H and O–H groups in total. The molecule has 0 aromatic heterocycles. The summed E-state index contributed by atoms with van der Waals surface area (Å²) in [7, 11) is 2.79. The Morgan fingerprint density at radius 1 is 1.20 bits per heavy atom. The number of nitro benzene ring substituents is 1. The molecule has 0 aliphatic carbocycles. The lowest BCUT2D eigenvalue weighted by molar-refractivity contribution is -0.385. The number of nitrogens with one attached hydrogen (secondary N) is 1. The van der Waals surface area contributed by atoms with Gasteiger partial charge < -0.3 is 9.47 Å². The van der Waals surface area contributed by atoms with Crippen LogP contribution in [0.3, 0.4) is 0 Å². The Morgan fingerprint density at radius 2 is 1.80 bits per heavy atom. The molecule has 130 valence electrons. The molecule has 0 fully saturated rings. The number of hydrogen-bond acceptors (Lipinski definition) is 6. The van der Waals surface area contributed by atoms with Crippen LogP contribution in [0.25, 0.3) is 0 Å². The van der Waals surface area contributed by atoms with Crippen LogP contribution < -0.4 is 14.9 Å². The molecule has 0 unspecified atom stereocenters. The van der Waals surface area contributed by atoms with Crippen molar-refractivity contribution in [3.63, 3.8) is 0 Å². The SMILES string of the molecule is COc1cc(/C=N/NC(=O)c2ccc(Cl)cc2)c([N+](=O)[O-])cc1OC. The number of hydrazone groups is 1. The third-order valence-corrected chi connectivity index (χ3v) is 3.46. The lowest BCUT2D eigenvalue weighted by Crippen LogP contribution is -2.17. The van der Waals surface area contributed by atoms with Crippen molar-refractivity contribution < 1.29 is 19.2 Å². The van der Waals surface area contributed by atoms with Crippen LogP contribution in [0.1, 0.15) is 15.9 Å². The van der Waals surface area contributed by atoms with E-state index in [1.807, 2.05) is 0 Å². The molecule has 0 saturated carbocycles. The molecule has 1 amide bonds. The Morgan fingerprint density at radius 3 is 2.36 bits per heavy atom. The molecule has 2 aromatic carbocycles. The van der Waals surface area contributed by atoms with E-state index in [9.17, 15) is 14.9 Å². The molecular weight excluding hydrogens is 350 g/mol. The Kier molecular flexibility index (Phi) is 5.91. The van der Waals surface area contributed by atoms with Crippen LogP contribution in [0.15, 0.2) is 41.5 Å². The molecule has 0 spiro atoms. The number of methoxy groups -OCH3 is 2.